The minimum Gasteiger partial charge on any atom is -0.487 e. The van der Waals surface area contributed by atoms with E-state index in [2.05, 4.69) is 4.98 Å². The fourth-order valence-electron chi connectivity index (χ4n) is 2.22. The van der Waals surface area contributed by atoms with Crippen molar-refractivity contribution in [3.63, 3.8) is 0 Å². The van der Waals surface area contributed by atoms with Crippen LogP contribution < -0.4 is 4.74 Å². The molecule has 21 heavy (non-hydrogen) atoms. The normalized spacial score (nSPS) is 11.4. The van der Waals surface area contributed by atoms with Gasteiger partial charge in [0.15, 0.2) is 0 Å². The maximum Gasteiger partial charge on any atom is 0.261 e. The summed E-state index contributed by atoms with van der Waals surface area (Å²) in [6.45, 7) is 5.63. The van der Waals surface area contributed by atoms with Crippen molar-refractivity contribution in [1.82, 2.24) is 4.98 Å². The Kier molecular flexibility index (Phi) is 4.54. The molecular formula is C15H16ClNO3S. The summed E-state index contributed by atoms with van der Waals surface area (Å²) in [5.74, 6) is 0.595. The van der Waals surface area contributed by atoms with Crippen LogP contribution in [0, 0.1) is 20.8 Å². The van der Waals surface area contributed by atoms with E-state index in [0.29, 0.717) is 23.5 Å². The van der Waals surface area contributed by atoms with Gasteiger partial charge < -0.3 is 4.74 Å². The predicted molar refractivity (Wildman–Crippen MR) is 82.3 cm³/mol. The van der Waals surface area contributed by atoms with Crippen molar-refractivity contribution < 1.29 is 13.2 Å². The summed E-state index contributed by atoms with van der Waals surface area (Å²) in [5.41, 5.74) is 2.88. The SMILES string of the molecule is Cc1cccc(COc2cc(C)c(S(=O)(=O)Cl)c(C)c2)n1. The second-order valence-electron chi connectivity index (χ2n) is 4.88. The molecule has 0 aliphatic carbocycles. The van der Waals surface area contributed by atoms with Crippen molar-refractivity contribution in [3.8, 4) is 5.75 Å². The highest BCUT2D eigenvalue weighted by molar-refractivity contribution is 8.13. The lowest BCUT2D eigenvalue weighted by atomic mass is 10.1. The van der Waals surface area contributed by atoms with Crippen LogP contribution in [-0.2, 0) is 15.7 Å². The average molecular weight is 326 g/mol. The third kappa shape index (κ3) is 3.95. The van der Waals surface area contributed by atoms with Crippen molar-refractivity contribution >= 4 is 19.7 Å². The molecule has 0 spiro atoms. The lowest BCUT2D eigenvalue weighted by Gasteiger charge is -2.11. The van der Waals surface area contributed by atoms with Gasteiger partial charge in [0.1, 0.15) is 12.4 Å². The van der Waals surface area contributed by atoms with E-state index in [0.717, 1.165) is 11.4 Å². The van der Waals surface area contributed by atoms with Gasteiger partial charge in [-0.05, 0) is 56.2 Å². The summed E-state index contributed by atoms with van der Waals surface area (Å²) in [7, 11) is 1.68. The van der Waals surface area contributed by atoms with Gasteiger partial charge in [0.05, 0.1) is 10.6 Å². The topological polar surface area (TPSA) is 56.3 Å². The molecular weight excluding hydrogens is 310 g/mol. The van der Waals surface area contributed by atoms with Gasteiger partial charge in [-0.25, -0.2) is 8.42 Å². The lowest BCUT2D eigenvalue weighted by molar-refractivity contribution is 0.300. The standard InChI is InChI=1S/C15H16ClNO3S/c1-10-7-14(8-11(2)15(10)21(16,18)19)20-9-13-6-4-5-12(3)17-13/h4-8H,9H2,1-3H3. The molecule has 0 N–H and O–H groups in total. The van der Waals surface area contributed by atoms with Crippen LogP contribution >= 0.6 is 10.7 Å². The summed E-state index contributed by atoms with van der Waals surface area (Å²) < 4.78 is 28.7. The summed E-state index contributed by atoms with van der Waals surface area (Å²) in [6.07, 6.45) is 0. The van der Waals surface area contributed by atoms with Crippen LogP contribution in [0.2, 0.25) is 0 Å². The van der Waals surface area contributed by atoms with E-state index >= 15 is 0 Å². The summed E-state index contributed by atoms with van der Waals surface area (Å²) in [4.78, 5) is 4.49. The van der Waals surface area contributed by atoms with Gasteiger partial charge in [0.2, 0.25) is 0 Å². The van der Waals surface area contributed by atoms with Crippen LogP contribution in [0.4, 0.5) is 0 Å². The van der Waals surface area contributed by atoms with Gasteiger partial charge >= 0.3 is 0 Å². The number of benzene rings is 1. The van der Waals surface area contributed by atoms with Crippen LogP contribution in [0.15, 0.2) is 35.2 Å². The molecule has 1 heterocycles. The van der Waals surface area contributed by atoms with Crippen LogP contribution in [-0.4, -0.2) is 13.4 Å². The van der Waals surface area contributed by atoms with E-state index in [-0.39, 0.29) is 4.90 Å². The first kappa shape index (κ1) is 15.8. The second kappa shape index (κ2) is 6.03. The molecule has 0 aliphatic rings. The maximum absolute atomic E-state index is 11.5. The monoisotopic (exact) mass is 325 g/mol. The van der Waals surface area contributed by atoms with E-state index in [4.69, 9.17) is 15.4 Å². The Hall–Kier alpha value is -1.59. The van der Waals surface area contributed by atoms with Crippen molar-refractivity contribution in [1.29, 1.82) is 0 Å². The molecule has 0 bridgehead atoms. The molecule has 2 aromatic rings. The fraction of sp³-hybridized carbons (Fsp3) is 0.267. The van der Waals surface area contributed by atoms with Crippen molar-refractivity contribution in [2.45, 2.75) is 32.3 Å². The molecule has 0 atom stereocenters. The Morgan fingerprint density at radius 2 is 1.76 bits per heavy atom. The van der Waals surface area contributed by atoms with Gasteiger partial charge in [-0.15, -0.1) is 0 Å². The number of hydrogen-bond donors (Lipinski definition) is 0. The highest BCUT2D eigenvalue weighted by Crippen LogP contribution is 2.28. The summed E-state index contributed by atoms with van der Waals surface area (Å²) in [5, 5.41) is 0. The molecule has 0 radical (unpaired) electrons. The van der Waals surface area contributed by atoms with Crippen LogP contribution in [0.25, 0.3) is 0 Å². The van der Waals surface area contributed by atoms with Gasteiger partial charge in [-0.1, -0.05) is 6.07 Å². The molecule has 0 saturated heterocycles. The van der Waals surface area contributed by atoms with Gasteiger partial charge in [0.25, 0.3) is 9.05 Å². The zero-order chi connectivity index (χ0) is 15.6. The number of halogens is 1. The molecule has 2 rings (SSSR count). The molecule has 0 unspecified atom stereocenters. The molecule has 4 nitrogen and oxygen atoms in total. The minimum absolute atomic E-state index is 0.144. The number of pyridine rings is 1. The molecule has 0 saturated carbocycles. The van der Waals surface area contributed by atoms with Crippen molar-refractivity contribution in [2.24, 2.45) is 0 Å². The Labute approximate surface area is 129 Å². The number of nitrogens with zero attached hydrogens (tertiary/aromatic N) is 1. The highest BCUT2D eigenvalue weighted by atomic mass is 35.7. The predicted octanol–water partition coefficient (Wildman–Crippen LogP) is 3.51. The first-order valence-corrected chi connectivity index (χ1v) is 8.69. The summed E-state index contributed by atoms with van der Waals surface area (Å²) in [6, 6.07) is 9.04. The van der Waals surface area contributed by atoms with Crippen molar-refractivity contribution in [3.05, 3.63) is 52.8 Å². The molecule has 112 valence electrons. The zero-order valence-electron chi connectivity index (χ0n) is 12.1. The smallest absolute Gasteiger partial charge is 0.261 e. The molecule has 0 amide bonds. The first-order chi connectivity index (χ1) is 9.77. The number of aryl methyl sites for hydroxylation is 3. The second-order valence-corrected chi connectivity index (χ2v) is 7.39. The van der Waals surface area contributed by atoms with E-state index in [1.807, 2.05) is 25.1 Å². The number of hydrogen-bond acceptors (Lipinski definition) is 4. The number of rotatable bonds is 4. The summed E-state index contributed by atoms with van der Waals surface area (Å²) >= 11 is 0. The quantitative estimate of drug-likeness (QED) is 0.807. The molecule has 1 aromatic heterocycles. The van der Waals surface area contributed by atoms with Gasteiger partial charge in [-0.3, -0.25) is 4.98 Å². The third-order valence-corrected chi connectivity index (χ3v) is 4.60. The van der Waals surface area contributed by atoms with Gasteiger partial charge in [-0.2, -0.15) is 0 Å². The number of aromatic nitrogens is 1. The van der Waals surface area contributed by atoms with Crippen LogP contribution in [0.3, 0.4) is 0 Å². The Balaban J connectivity index is 2.23. The zero-order valence-corrected chi connectivity index (χ0v) is 13.6. The number of ether oxygens (including phenoxy) is 1. The third-order valence-electron chi connectivity index (χ3n) is 3.01. The lowest BCUT2D eigenvalue weighted by Crippen LogP contribution is -2.02. The Morgan fingerprint density at radius 1 is 1.14 bits per heavy atom. The van der Waals surface area contributed by atoms with Gasteiger partial charge in [0, 0.05) is 16.4 Å². The largest absolute Gasteiger partial charge is 0.487 e. The van der Waals surface area contributed by atoms with E-state index in [9.17, 15) is 8.42 Å². The molecule has 6 heteroatoms. The highest BCUT2D eigenvalue weighted by Gasteiger charge is 2.17. The average Bonchev–Trinajstić information content (AvgIpc) is 2.34. The minimum atomic E-state index is -3.75. The molecule has 0 aliphatic heterocycles. The molecule has 0 fully saturated rings. The van der Waals surface area contributed by atoms with E-state index in [1.54, 1.807) is 26.0 Å². The van der Waals surface area contributed by atoms with Crippen LogP contribution in [0.5, 0.6) is 5.75 Å². The fourth-order valence-corrected chi connectivity index (χ4v) is 3.83. The maximum atomic E-state index is 11.5. The van der Waals surface area contributed by atoms with E-state index < -0.39 is 9.05 Å². The van der Waals surface area contributed by atoms with E-state index in [1.165, 1.54) is 0 Å². The Morgan fingerprint density at radius 3 is 2.29 bits per heavy atom. The van der Waals surface area contributed by atoms with Crippen molar-refractivity contribution in [2.75, 3.05) is 0 Å². The Bertz CT molecular complexity index is 749. The van der Waals surface area contributed by atoms with Crippen LogP contribution in [0.1, 0.15) is 22.5 Å². The molecule has 1 aromatic carbocycles. The first-order valence-electron chi connectivity index (χ1n) is 6.38.